The molecule has 8 nitrogen and oxygen atoms in total. The van der Waals surface area contributed by atoms with Gasteiger partial charge in [-0.2, -0.15) is 0 Å². The lowest BCUT2D eigenvalue weighted by Gasteiger charge is -2.25. The number of hydrogen-bond donors (Lipinski definition) is 1. The first kappa shape index (κ1) is 20.5. The van der Waals surface area contributed by atoms with Gasteiger partial charge in [-0.15, -0.1) is 10.2 Å². The van der Waals surface area contributed by atoms with E-state index in [1.54, 1.807) is 14.2 Å². The Bertz CT molecular complexity index is 1110. The van der Waals surface area contributed by atoms with E-state index < -0.39 is 0 Å². The van der Waals surface area contributed by atoms with Crippen LogP contribution in [0.1, 0.15) is 22.0 Å². The molecule has 0 radical (unpaired) electrons. The zero-order valence-electron chi connectivity index (χ0n) is 18.3. The summed E-state index contributed by atoms with van der Waals surface area (Å²) in [6.45, 7) is 3.70. The van der Waals surface area contributed by atoms with Crippen molar-refractivity contribution in [2.75, 3.05) is 32.6 Å². The second-order valence-electron chi connectivity index (χ2n) is 8.50. The third-order valence-electron chi connectivity index (χ3n) is 6.43. The molecule has 166 valence electrons. The summed E-state index contributed by atoms with van der Waals surface area (Å²) in [5.74, 6) is 3.69. The van der Waals surface area contributed by atoms with Gasteiger partial charge in [-0.3, -0.25) is 9.69 Å². The molecule has 2 aromatic carbocycles. The molecule has 0 bridgehead atoms. The van der Waals surface area contributed by atoms with E-state index in [9.17, 15) is 4.79 Å². The van der Waals surface area contributed by atoms with Crippen molar-refractivity contribution in [3.63, 3.8) is 0 Å². The molecule has 2 unspecified atom stereocenters. The summed E-state index contributed by atoms with van der Waals surface area (Å²) in [4.78, 5) is 15.4. The summed E-state index contributed by atoms with van der Waals surface area (Å²) in [7, 11) is 3.31. The van der Waals surface area contributed by atoms with Gasteiger partial charge in [-0.1, -0.05) is 12.1 Å². The van der Waals surface area contributed by atoms with Crippen molar-refractivity contribution in [1.29, 1.82) is 0 Å². The number of nitrogens with one attached hydrogen (secondary N) is 1. The fraction of sp³-hybridized carbons (Fsp3) is 0.375. The molecule has 2 aliphatic rings. The summed E-state index contributed by atoms with van der Waals surface area (Å²) in [6, 6.07) is 15.5. The maximum Gasteiger partial charge on any atom is 0.293 e. The molecule has 0 aliphatic carbocycles. The van der Waals surface area contributed by atoms with Crippen LogP contribution < -0.4 is 14.8 Å². The van der Waals surface area contributed by atoms with Crippen LogP contribution in [0.25, 0.3) is 0 Å². The molecular formula is C24H27N5O3. The normalized spacial score (nSPS) is 19.8. The molecule has 0 spiro atoms. The van der Waals surface area contributed by atoms with Crippen molar-refractivity contribution in [2.24, 2.45) is 11.8 Å². The monoisotopic (exact) mass is 433 g/mol. The van der Waals surface area contributed by atoms with Crippen LogP contribution in [0.3, 0.4) is 0 Å². The van der Waals surface area contributed by atoms with Gasteiger partial charge in [-0.25, -0.2) is 0 Å². The topological polar surface area (TPSA) is 81.5 Å². The van der Waals surface area contributed by atoms with E-state index in [-0.39, 0.29) is 5.91 Å². The first-order valence-electron chi connectivity index (χ1n) is 10.9. The molecule has 3 aromatic rings. The van der Waals surface area contributed by atoms with Gasteiger partial charge in [0.2, 0.25) is 5.82 Å². The molecule has 1 fully saturated rings. The van der Waals surface area contributed by atoms with E-state index in [2.05, 4.69) is 32.5 Å². The Labute approximate surface area is 187 Å². The van der Waals surface area contributed by atoms with Crippen molar-refractivity contribution in [2.45, 2.75) is 19.5 Å². The van der Waals surface area contributed by atoms with Crippen molar-refractivity contribution in [3.8, 4) is 11.5 Å². The lowest BCUT2D eigenvalue weighted by Crippen LogP contribution is -2.31. The van der Waals surface area contributed by atoms with Crippen LogP contribution in [0.4, 0.5) is 5.69 Å². The maximum atomic E-state index is 12.9. The average Bonchev–Trinajstić information content (AvgIpc) is 3.40. The highest BCUT2D eigenvalue weighted by Crippen LogP contribution is 2.33. The van der Waals surface area contributed by atoms with Crippen molar-refractivity contribution in [3.05, 3.63) is 65.7 Å². The number of anilines is 1. The van der Waals surface area contributed by atoms with Gasteiger partial charge in [0.15, 0.2) is 0 Å². The maximum absolute atomic E-state index is 12.9. The van der Waals surface area contributed by atoms with Crippen molar-refractivity contribution >= 4 is 11.6 Å². The number of likely N-dealkylation sites (tertiary alicyclic amines) is 1. The first-order chi connectivity index (χ1) is 15.6. The van der Waals surface area contributed by atoms with E-state index >= 15 is 0 Å². The van der Waals surface area contributed by atoms with E-state index in [1.807, 2.05) is 41.0 Å². The van der Waals surface area contributed by atoms with E-state index in [4.69, 9.17) is 9.47 Å². The van der Waals surface area contributed by atoms with E-state index in [1.165, 1.54) is 5.56 Å². The highest BCUT2D eigenvalue weighted by atomic mass is 16.5. The van der Waals surface area contributed by atoms with Crippen LogP contribution >= 0.6 is 0 Å². The Kier molecular flexibility index (Phi) is 5.53. The molecule has 1 aromatic heterocycles. The third kappa shape index (κ3) is 4.05. The standard InChI is InChI=1S/C24H27N5O3/c1-31-20-8-6-19(7-9-20)25-24(30)23-27-26-22-11-17-13-28(14-18(17)15-29(22)23)12-16-4-3-5-21(10-16)32-2/h3-10,17-18H,11-15H2,1-2H3,(H,25,30). The summed E-state index contributed by atoms with van der Waals surface area (Å²) in [5, 5.41) is 11.5. The number of hydrogen-bond acceptors (Lipinski definition) is 6. The van der Waals surface area contributed by atoms with Crippen molar-refractivity contribution in [1.82, 2.24) is 19.7 Å². The Morgan fingerprint density at radius 1 is 1.00 bits per heavy atom. The number of amides is 1. The molecule has 8 heteroatoms. The second kappa shape index (κ2) is 8.63. The predicted molar refractivity (Wildman–Crippen MR) is 120 cm³/mol. The predicted octanol–water partition coefficient (Wildman–Crippen LogP) is 2.85. The minimum absolute atomic E-state index is 0.237. The van der Waals surface area contributed by atoms with E-state index in [0.29, 0.717) is 23.3 Å². The van der Waals surface area contributed by atoms with Crippen LogP contribution in [0.15, 0.2) is 48.5 Å². The average molecular weight is 434 g/mol. The van der Waals surface area contributed by atoms with Gasteiger partial charge in [0.05, 0.1) is 14.2 Å². The molecule has 2 atom stereocenters. The lowest BCUT2D eigenvalue weighted by atomic mass is 9.89. The van der Waals surface area contributed by atoms with Crippen LogP contribution in [0.5, 0.6) is 11.5 Å². The highest BCUT2D eigenvalue weighted by molar-refractivity contribution is 6.01. The largest absolute Gasteiger partial charge is 0.497 e. The summed E-state index contributed by atoms with van der Waals surface area (Å²) in [6.07, 6.45) is 0.849. The zero-order valence-corrected chi connectivity index (χ0v) is 18.3. The van der Waals surface area contributed by atoms with Crippen LogP contribution in [-0.4, -0.2) is 52.9 Å². The smallest absolute Gasteiger partial charge is 0.293 e. The summed E-state index contributed by atoms with van der Waals surface area (Å²) in [5.41, 5.74) is 1.95. The number of carbonyl (C=O) groups excluding carboxylic acids is 1. The SMILES string of the molecule is COc1ccc(NC(=O)c2nnc3n2CC2CN(Cc4cccc(OC)c4)CC2C3)cc1. The molecule has 1 N–H and O–H groups in total. The molecule has 0 saturated carbocycles. The number of fused-ring (bicyclic) bond motifs is 2. The van der Waals surface area contributed by atoms with Crippen LogP contribution in [0, 0.1) is 11.8 Å². The van der Waals surface area contributed by atoms with Gasteiger partial charge in [0.25, 0.3) is 5.91 Å². The number of methoxy groups -OCH3 is 2. The first-order valence-corrected chi connectivity index (χ1v) is 10.9. The molecule has 5 rings (SSSR count). The molecule has 1 amide bonds. The van der Waals surface area contributed by atoms with Gasteiger partial charge in [0.1, 0.15) is 17.3 Å². The van der Waals surface area contributed by atoms with Crippen molar-refractivity contribution < 1.29 is 14.3 Å². The van der Waals surface area contributed by atoms with E-state index in [0.717, 1.165) is 49.9 Å². The third-order valence-corrected chi connectivity index (χ3v) is 6.43. The number of nitrogens with zero attached hydrogens (tertiary/aromatic N) is 4. The number of rotatable bonds is 6. The number of ether oxygens (including phenoxy) is 2. The lowest BCUT2D eigenvalue weighted by molar-refractivity contribution is 0.100. The minimum atomic E-state index is -0.237. The van der Waals surface area contributed by atoms with Gasteiger partial charge < -0.3 is 19.4 Å². The minimum Gasteiger partial charge on any atom is -0.497 e. The molecule has 32 heavy (non-hydrogen) atoms. The quantitative estimate of drug-likeness (QED) is 0.644. The Balaban J connectivity index is 1.25. The molecule has 3 heterocycles. The van der Waals surface area contributed by atoms with Gasteiger partial charge >= 0.3 is 0 Å². The fourth-order valence-corrected chi connectivity index (χ4v) is 4.81. The summed E-state index contributed by atoms with van der Waals surface area (Å²) < 4.78 is 12.5. The second-order valence-corrected chi connectivity index (χ2v) is 8.50. The fourth-order valence-electron chi connectivity index (χ4n) is 4.81. The molecule has 2 aliphatic heterocycles. The number of benzene rings is 2. The zero-order chi connectivity index (χ0) is 22.1. The van der Waals surface area contributed by atoms with Crippen LogP contribution in [-0.2, 0) is 19.5 Å². The Morgan fingerprint density at radius 2 is 1.78 bits per heavy atom. The number of aromatic nitrogens is 3. The molecular weight excluding hydrogens is 406 g/mol. The Morgan fingerprint density at radius 3 is 2.56 bits per heavy atom. The van der Waals surface area contributed by atoms with Crippen LogP contribution in [0.2, 0.25) is 0 Å². The van der Waals surface area contributed by atoms with Gasteiger partial charge in [-0.05, 0) is 53.8 Å². The number of carbonyl (C=O) groups is 1. The highest BCUT2D eigenvalue weighted by Gasteiger charge is 2.39. The Hall–Kier alpha value is -3.39. The van der Waals surface area contributed by atoms with Gasteiger partial charge in [0, 0.05) is 38.3 Å². The summed E-state index contributed by atoms with van der Waals surface area (Å²) >= 11 is 0. The molecule has 1 saturated heterocycles.